The van der Waals surface area contributed by atoms with Crippen molar-refractivity contribution in [1.29, 1.82) is 0 Å². The van der Waals surface area contributed by atoms with E-state index in [0.29, 0.717) is 13.2 Å². The van der Waals surface area contributed by atoms with Crippen LogP contribution in [0.4, 0.5) is 13.2 Å². The molecule has 0 saturated heterocycles. The number of benzene rings is 1. The number of alkyl halides is 3. The van der Waals surface area contributed by atoms with Crippen LogP contribution in [0.3, 0.4) is 0 Å². The maximum Gasteiger partial charge on any atom is 0.401 e. The van der Waals surface area contributed by atoms with Crippen LogP contribution >= 0.6 is 0 Å². The van der Waals surface area contributed by atoms with Gasteiger partial charge in [-0.1, -0.05) is 18.2 Å². The van der Waals surface area contributed by atoms with Gasteiger partial charge in [0.15, 0.2) is 0 Å². The molecule has 0 fully saturated rings. The molecule has 94 valence electrons. The largest absolute Gasteiger partial charge is 0.493 e. The van der Waals surface area contributed by atoms with E-state index in [9.17, 15) is 13.2 Å². The number of halogens is 3. The summed E-state index contributed by atoms with van der Waals surface area (Å²) >= 11 is 0. The molecule has 0 saturated carbocycles. The van der Waals surface area contributed by atoms with Crippen LogP contribution in [0.5, 0.6) is 5.75 Å². The van der Waals surface area contributed by atoms with Crippen molar-refractivity contribution in [2.45, 2.75) is 18.5 Å². The monoisotopic (exact) mass is 245 g/mol. The highest BCUT2D eigenvalue weighted by Gasteiger charge is 2.28. The van der Waals surface area contributed by atoms with Gasteiger partial charge in [-0.25, -0.2) is 0 Å². The summed E-state index contributed by atoms with van der Waals surface area (Å²) < 4.78 is 41.5. The maximum atomic E-state index is 12.0. The third kappa shape index (κ3) is 3.36. The van der Waals surface area contributed by atoms with Crippen molar-refractivity contribution in [2.24, 2.45) is 0 Å². The van der Waals surface area contributed by atoms with Crippen LogP contribution in [0.2, 0.25) is 0 Å². The molecule has 0 radical (unpaired) electrons. The molecule has 2 rings (SSSR count). The molecule has 1 atom stereocenters. The summed E-state index contributed by atoms with van der Waals surface area (Å²) in [5.41, 5.74) is 0.994. The Morgan fingerprint density at radius 3 is 2.82 bits per heavy atom. The molecule has 1 N–H and O–H groups in total. The van der Waals surface area contributed by atoms with Crippen LogP contribution in [0, 0.1) is 0 Å². The van der Waals surface area contributed by atoms with Crippen LogP contribution < -0.4 is 10.1 Å². The van der Waals surface area contributed by atoms with Gasteiger partial charge in [0, 0.05) is 12.5 Å². The van der Waals surface area contributed by atoms with Crippen molar-refractivity contribution in [1.82, 2.24) is 5.32 Å². The number of rotatable bonds is 3. The molecule has 1 aromatic rings. The fourth-order valence-electron chi connectivity index (χ4n) is 2.02. The molecular formula is C12H14F3NO. The van der Waals surface area contributed by atoms with Crippen molar-refractivity contribution in [2.75, 3.05) is 19.7 Å². The van der Waals surface area contributed by atoms with Crippen molar-refractivity contribution < 1.29 is 17.9 Å². The van der Waals surface area contributed by atoms with Crippen molar-refractivity contribution in [3.63, 3.8) is 0 Å². The van der Waals surface area contributed by atoms with Gasteiger partial charge in [0.25, 0.3) is 0 Å². The molecule has 1 aliphatic rings. The Balaban J connectivity index is 1.95. The lowest BCUT2D eigenvalue weighted by Crippen LogP contribution is -2.33. The topological polar surface area (TPSA) is 21.3 Å². The lowest BCUT2D eigenvalue weighted by molar-refractivity contribution is -0.124. The van der Waals surface area contributed by atoms with Gasteiger partial charge in [-0.2, -0.15) is 13.2 Å². The minimum atomic E-state index is -4.15. The molecule has 1 aliphatic heterocycles. The Hall–Kier alpha value is -1.23. The van der Waals surface area contributed by atoms with E-state index in [4.69, 9.17) is 4.74 Å². The molecule has 0 spiro atoms. The Labute approximate surface area is 97.8 Å². The lowest BCUT2D eigenvalue weighted by Gasteiger charge is -2.26. The molecule has 0 bridgehead atoms. The first-order valence-corrected chi connectivity index (χ1v) is 5.55. The summed E-state index contributed by atoms with van der Waals surface area (Å²) in [6, 6.07) is 7.51. The number of nitrogens with one attached hydrogen (secondary N) is 1. The Morgan fingerprint density at radius 1 is 1.29 bits per heavy atom. The van der Waals surface area contributed by atoms with E-state index in [1.165, 1.54) is 0 Å². The van der Waals surface area contributed by atoms with Gasteiger partial charge < -0.3 is 10.1 Å². The Kier molecular flexibility index (Phi) is 3.57. The summed E-state index contributed by atoms with van der Waals surface area (Å²) in [5.74, 6) is 0.889. The fraction of sp³-hybridized carbons (Fsp3) is 0.500. The second-order valence-corrected chi connectivity index (χ2v) is 4.12. The second kappa shape index (κ2) is 4.96. The molecular weight excluding hydrogens is 231 g/mol. The minimum absolute atomic E-state index is 0.0994. The van der Waals surface area contributed by atoms with Gasteiger partial charge in [-0.05, 0) is 18.1 Å². The van der Waals surface area contributed by atoms with Crippen LogP contribution in [0.25, 0.3) is 0 Å². The summed E-state index contributed by atoms with van der Waals surface area (Å²) in [5, 5.41) is 2.46. The van der Waals surface area contributed by atoms with Gasteiger partial charge >= 0.3 is 6.18 Å². The van der Waals surface area contributed by atoms with E-state index >= 15 is 0 Å². The fourth-order valence-corrected chi connectivity index (χ4v) is 2.02. The first-order valence-electron chi connectivity index (χ1n) is 5.55. The van der Waals surface area contributed by atoms with Crippen molar-refractivity contribution in [3.05, 3.63) is 29.8 Å². The average Bonchev–Trinajstić information content (AvgIpc) is 2.28. The van der Waals surface area contributed by atoms with Crippen LogP contribution in [-0.4, -0.2) is 25.9 Å². The first kappa shape index (κ1) is 12.2. The predicted molar refractivity (Wildman–Crippen MR) is 58.2 cm³/mol. The molecule has 0 aliphatic carbocycles. The van der Waals surface area contributed by atoms with Gasteiger partial charge in [0.1, 0.15) is 5.75 Å². The number of ether oxygens (including phenoxy) is 1. The van der Waals surface area contributed by atoms with E-state index in [1.807, 2.05) is 24.3 Å². The van der Waals surface area contributed by atoms with Crippen LogP contribution in [-0.2, 0) is 0 Å². The summed E-state index contributed by atoms with van der Waals surface area (Å²) in [6.45, 7) is -0.0399. The zero-order valence-corrected chi connectivity index (χ0v) is 9.26. The molecule has 2 nitrogen and oxygen atoms in total. The summed E-state index contributed by atoms with van der Waals surface area (Å²) in [4.78, 5) is 0. The van der Waals surface area contributed by atoms with Gasteiger partial charge in [-0.15, -0.1) is 0 Å². The summed E-state index contributed by atoms with van der Waals surface area (Å²) in [6.07, 6.45) is -3.40. The zero-order chi connectivity index (χ0) is 12.3. The number of para-hydroxylation sites is 1. The van der Waals surface area contributed by atoms with Gasteiger partial charge in [0.2, 0.25) is 0 Å². The quantitative estimate of drug-likeness (QED) is 0.884. The summed E-state index contributed by atoms with van der Waals surface area (Å²) in [7, 11) is 0. The van der Waals surface area contributed by atoms with E-state index in [2.05, 4.69) is 5.32 Å². The normalized spacial score (nSPS) is 19.6. The third-order valence-corrected chi connectivity index (χ3v) is 2.80. The second-order valence-electron chi connectivity index (χ2n) is 4.12. The SMILES string of the molecule is FC(F)(F)CNCC1CCOc2ccccc21. The van der Waals surface area contributed by atoms with E-state index in [-0.39, 0.29) is 5.92 Å². The third-order valence-electron chi connectivity index (χ3n) is 2.80. The molecule has 17 heavy (non-hydrogen) atoms. The number of hydrogen-bond donors (Lipinski definition) is 1. The first-order chi connectivity index (χ1) is 8.06. The highest BCUT2D eigenvalue weighted by Crippen LogP contribution is 2.32. The maximum absolute atomic E-state index is 12.0. The minimum Gasteiger partial charge on any atom is -0.493 e. The van der Waals surface area contributed by atoms with Crippen molar-refractivity contribution in [3.8, 4) is 5.75 Å². The lowest BCUT2D eigenvalue weighted by atomic mass is 9.93. The van der Waals surface area contributed by atoms with E-state index in [0.717, 1.165) is 17.7 Å². The molecule has 1 unspecified atom stereocenters. The molecule has 1 aromatic carbocycles. The van der Waals surface area contributed by atoms with Crippen LogP contribution in [0.15, 0.2) is 24.3 Å². The highest BCUT2D eigenvalue weighted by molar-refractivity contribution is 5.37. The average molecular weight is 245 g/mol. The molecule has 1 heterocycles. The Morgan fingerprint density at radius 2 is 2.06 bits per heavy atom. The molecule has 0 amide bonds. The zero-order valence-electron chi connectivity index (χ0n) is 9.26. The Bertz CT molecular complexity index is 378. The van der Waals surface area contributed by atoms with Gasteiger partial charge in [-0.3, -0.25) is 0 Å². The molecule has 0 aromatic heterocycles. The smallest absolute Gasteiger partial charge is 0.401 e. The number of fused-ring (bicyclic) bond motifs is 1. The predicted octanol–water partition coefficient (Wildman–Crippen LogP) is 2.70. The molecule has 5 heteroatoms. The van der Waals surface area contributed by atoms with Gasteiger partial charge in [0.05, 0.1) is 13.2 Å². The number of hydrogen-bond acceptors (Lipinski definition) is 2. The standard InChI is InChI=1S/C12H14F3NO/c13-12(14,15)8-16-7-9-5-6-17-11-4-2-1-3-10(9)11/h1-4,9,16H,5-8H2. The van der Waals surface area contributed by atoms with E-state index in [1.54, 1.807) is 0 Å². The van der Waals surface area contributed by atoms with Crippen LogP contribution in [0.1, 0.15) is 17.9 Å². The highest BCUT2D eigenvalue weighted by atomic mass is 19.4. The van der Waals surface area contributed by atoms with E-state index < -0.39 is 12.7 Å². The van der Waals surface area contributed by atoms with Crippen molar-refractivity contribution >= 4 is 0 Å².